The maximum Gasteiger partial charge on any atom is 0.220 e. The van der Waals surface area contributed by atoms with E-state index in [-0.39, 0.29) is 17.9 Å². The SMILES string of the molecule is NC(=O)C1CCN(C[C@H](O)CSc2ccccc2)CC1. The summed E-state index contributed by atoms with van der Waals surface area (Å²) in [7, 11) is 0. The molecule has 0 aliphatic carbocycles. The van der Waals surface area contributed by atoms with Crippen LogP contribution in [0.15, 0.2) is 35.2 Å². The van der Waals surface area contributed by atoms with Crippen LogP contribution in [-0.2, 0) is 4.79 Å². The molecule has 1 fully saturated rings. The fourth-order valence-electron chi connectivity index (χ4n) is 2.46. The number of amides is 1. The normalized spacial score (nSPS) is 18.9. The van der Waals surface area contributed by atoms with Gasteiger partial charge in [-0.15, -0.1) is 11.8 Å². The maximum atomic E-state index is 11.1. The van der Waals surface area contributed by atoms with Crippen molar-refractivity contribution in [3.63, 3.8) is 0 Å². The lowest BCUT2D eigenvalue weighted by Gasteiger charge is -2.31. The highest BCUT2D eigenvalue weighted by atomic mass is 32.2. The van der Waals surface area contributed by atoms with Crippen LogP contribution < -0.4 is 5.73 Å². The molecule has 1 saturated heterocycles. The number of carbonyl (C=O) groups excluding carboxylic acids is 1. The number of primary amides is 1. The van der Waals surface area contributed by atoms with Crippen LogP contribution in [0.4, 0.5) is 0 Å². The number of thioether (sulfide) groups is 1. The van der Waals surface area contributed by atoms with E-state index < -0.39 is 0 Å². The van der Waals surface area contributed by atoms with E-state index in [0.29, 0.717) is 12.3 Å². The van der Waals surface area contributed by atoms with E-state index in [2.05, 4.69) is 17.0 Å². The molecule has 4 nitrogen and oxygen atoms in total. The molecular weight excluding hydrogens is 272 g/mol. The third kappa shape index (κ3) is 4.81. The number of likely N-dealkylation sites (tertiary alicyclic amines) is 1. The zero-order valence-electron chi connectivity index (χ0n) is 11.6. The summed E-state index contributed by atoms with van der Waals surface area (Å²) in [5.74, 6) is 0.520. The summed E-state index contributed by atoms with van der Waals surface area (Å²) in [6, 6.07) is 10.1. The van der Waals surface area contributed by atoms with Gasteiger partial charge in [0, 0.05) is 23.1 Å². The molecule has 1 aliphatic rings. The van der Waals surface area contributed by atoms with Crippen LogP contribution in [0.25, 0.3) is 0 Å². The van der Waals surface area contributed by atoms with E-state index in [1.165, 1.54) is 4.90 Å². The number of benzene rings is 1. The van der Waals surface area contributed by atoms with Crippen molar-refractivity contribution in [1.82, 2.24) is 4.90 Å². The summed E-state index contributed by atoms with van der Waals surface area (Å²) in [5, 5.41) is 10.1. The number of aliphatic hydroxyl groups is 1. The highest BCUT2D eigenvalue weighted by molar-refractivity contribution is 7.99. The van der Waals surface area contributed by atoms with Gasteiger partial charge in [0.25, 0.3) is 0 Å². The average Bonchev–Trinajstić information content (AvgIpc) is 2.47. The Bertz CT molecular complexity index is 419. The zero-order valence-corrected chi connectivity index (χ0v) is 12.4. The van der Waals surface area contributed by atoms with E-state index >= 15 is 0 Å². The van der Waals surface area contributed by atoms with Crippen molar-refractivity contribution in [2.75, 3.05) is 25.4 Å². The summed E-state index contributed by atoms with van der Waals surface area (Å²) in [6.45, 7) is 2.37. The lowest BCUT2D eigenvalue weighted by molar-refractivity contribution is -0.123. The first kappa shape index (κ1) is 15.4. The molecule has 0 saturated carbocycles. The third-order valence-electron chi connectivity index (χ3n) is 3.64. The Morgan fingerprint density at radius 3 is 2.60 bits per heavy atom. The molecule has 1 atom stereocenters. The van der Waals surface area contributed by atoms with Crippen molar-refractivity contribution >= 4 is 17.7 Å². The fourth-order valence-corrected chi connectivity index (χ4v) is 3.30. The number of carbonyl (C=O) groups is 1. The van der Waals surface area contributed by atoms with Gasteiger partial charge in [-0.25, -0.2) is 0 Å². The average molecular weight is 294 g/mol. The molecule has 5 heteroatoms. The molecule has 1 aliphatic heterocycles. The number of β-amino-alcohol motifs (C(OH)–C–C–N with tert-alkyl or cyclic N) is 1. The molecule has 1 amide bonds. The largest absolute Gasteiger partial charge is 0.391 e. The molecule has 0 spiro atoms. The standard InChI is InChI=1S/C15H22N2O2S/c16-15(19)12-6-8-17(9-7-12)10-13(18)11-20-14-4-2-1-3-5-14/h1-5,12-13,18H,6-11H2,(H2,16,19)/t13-/m0/s1. The van der Waals surface area contributed by atoms with Crippen molar-refractivity contribution < 1.29 is 9.90 Å². The molecule has 2 rings (SSSR count). The molecule has 1 aromatic rings. The summed E-state index contributed by atoms with van der Waals surface area (Å²) in [4.78, 5) is 14.5. The highest BCUT2D eigenvalue weighted by Gasteiger charge is 2.24. The first-order chi connectivity index (χ1) is 9.65. The Kier molecular flexibility index (Phi) is 5.88. The molecule has 0 unspecified atom stereocenters. The Morgan fingerprint density at radius 1 is 1.35 bits per heavy atom. The second-order valence-electron chi connectivity index (χ2n) is 5.26. The van der Waals surface area contributed by atoms with Gasteiger partial charge >= 0.3 is 0 Å². The molecule has 20 heavy (non-hydrogen) atoms. The van der Waals surface area contributed by atoms with Gasteiger partial charge in [0.2, 0.25) is 5.91 Å². The van der Waals surface area contributed by atoms with E-state index in [1.807, 2.05) is 18.2 Å². The molecule has 0 aromatic heterocycles. The predicted molar refractivity (Wildman–Crippen MR) is 81.5 cm³/mol. The van der Waals surface area contributed by atoms with E-state index in [0.717, 1.165) is 25.9 Å². The minimum atomic E-state index is -0.342. The second kappa shape index (κ2) is 7.67. The van der Waals surface area contributed by atoms with Crippen LogP contribution in [0.5, 0.6) is 0 Å². The minimum Gasteiger partial charge on any atom is -0.391 e. The van der Waals surface area contributed by atoms with Crippen molar-refractivity contribution in [1.29, 1.82) is 0 Å². The van der Waals surface area contributed by atoms with Gasteiger partial charge in [0.15, 0.2) is 0 Å². The Morgan fingerprint density at radius 2 is 2.00 bits per heavy atom. The van der Waals surface area contributed by atoms with Crippen molar-refractivity contribution in [2.45, 2.75) is 23.8 Å². The first-order valence-electron chi connectivity index (χ1n) is 7.02. The third-order valence-corrected chi connectivity index (χ3v) is 4.80. The molecule has 110 valence electrons. The van der Waals surface area contributed by atoms with Crippen molar-refractivity contribution in [2.24, 2.45) is 11.7 Å². The molecule has 0 bridgehead atoms. The molecule has 3 N–H and O–H groups in total. The topological polar surface area (TPSA) is 66.6 Å². The van der Waals surface area contributed by atoms with Crippen LogP contribution in [0.3, 0.4) is 0 Å². The van der Waals surface area contributed by atoms with Gasteiger partial charge in [0.05, 0.1) is 6.10 Å². The second-order valence-corrected chi connectivity index (χ2v) is 6.35. The zero-order chi connectivity index (χ0) is 14.4. The highest BCUT2D eigenvalue weighted by Crippen LogP contribution is 2.20. The van der Waals surface area contributed by atoms with E-state index in [9.17, 15) is 9.90 Å². The quantitative estimate of drug-likeness (QED) is 0.777. The van der Waals surface area contributed by atoms with E-state index in [1.54, 1.807) is 11.8 Å². The van der Waals surface area contributed by atoms with Crippen LogP contribution in [0.1, 0.15) is 12.8 Å². The number of hydrogen-bond acceptors (Lipinski definition) is 4. The van der Waals surface area contributed by atoms with Crippen LogP contribution in [-0.4, -0.2) is 47.4 Å². The smallest absolute Gasteiger partial charge is 0.220 e. The number of rotatable bonds is 6. The number of nitrogens with zero attached hydrogens (tertiary/aromatic N) is 1. The Labute approximate surface area is 124 Å². The lowest BCUT2D eigenvalue weighted by Crippen LogP contribution is -2.42. The summed E-state index contributed by atoms with van der Waals surface area (Å²) < 4.78 is 0. The maximum absolute atomic E-state index is 11.1. The van der Waals surface area contributed by atoms with Crippen LogP contribution in [0.2, 0.25) is 0 Å². The van der Waals surface area contributed by atoms with Gasteiger partial charge in [-0.2, -0.15) is 0 Å². The number of piperidine rings is 1. The van der Waals surface area contributed by atoms with Gasteiger partial charge in [-0.1, -0.05) is 18.2 Å². The van der Waals surface area contributed by atoms with Gasteiger partial charge in [0.1, 0.15) is 0 Å². The summed E-state index contributed by atoms with van der Waals surface area (Å²) in [6.07, 6.45) is 1.28. The van der Waals surface area contributed by atoms with Crippen molar-refractivity contribution in [3.8, 4) is 0 Å². The van der Waals surface area contributed by atoms with E-state index in [4.69, 9.17) is 5.73 Å². The minimum absolute atomic E-state index is 0.0158. The monoisotopic (exact) mass is 294 g/mol. The summed E-state index contributed by atoms with van der Waals surface area (Å²) in [5.41, 5.74) is 5.32. The molecular formula is C15H22N2O2S. The number of nitrogens with two attached hydrogens (primary N) is 1. The molecule has 0 radical (unpaired) electrons. The van der Waals surface area contributed by atoms with Crippen LogP contribution in [0, 0.1) is 5.92 Å². The first-order valence-corrected chi connectivity index (χ1v) is 8.01. The van der Waals surface area contributed by atoms with Gasteiger partial charge in [-0.3, -0.25) is 4.79 Å². The lowest BCUT2D eigenvalue weighted by atomic mass is 9.96. The van der Waals surface area contributed by atoms with Crippen molar-refractivity contribution in [3.05, 3.63) is 30.3 Å². The molecule has 1 aromatic carbocycles. The number of aliphatic hydroxyl groups excluding tert-OH is 1. The van der Waals surface area contributed by atoms with Gasteiger partial charge in [-0.05, 0) is 38.1 Å². The number of hydrogen-bond donors (Lipinski definition) is 2. The Balaban J connectivity index is 1.68. The predicted octanol–water partition coefficient (Wildman–Crippen LogP) is 1.34. The fraction of sp³-hybridized carbons (Fsp3) is 0.533. The molecule has 1 heterocycles. The summed E-state index contributed by atoms with van der Waals surface area (Å²) >= 11 is 1.67. The van der Waals surface area contributed by atoms with Crippen LogP contribution >= 0.6 is 11.8 Å². The van der Waals surface area contributed by atoms with Gasteiger partial charge < -0.3 is 15.7 Å². The Hall–Kier alpha value is -1.04.